The number of anilines is 2. The van der Waals surface area contributed by atoms with E-state index in [2.05, 4.69) is 25.6 Å². The van der Waals surface area contributed by atoms with Crippen molar-refractivity contribution in [3.05, 3.63) is 36.2 Å². The topological polar surface area (TPSA) is 108 Å². The smallest absolute Gasteiger partial charge is 0.277 e. The van der Waals surface area contributed by atoms with Crippen molar-refractivity contribution in [3.8, 4) is 0 Å². The molecule has 10 heteroatoms. The zero-order valence-corrected chi connectivity index (χ0v) is 18.2. The molecule has 2 saturated heterocycles. The molecule has 1 unspecified atom stereocenters. The molecule has 2 aliphatic rings. The summed E-state index contributed by atoms with van der Waals surface area (Å²) in [6, 6.07) is 3.94. The second-order valence-electron chi connectivity index (χ2n) is 8.13. The van der Waals surface area contributed by atoms with E-state index in [1.165, 1.54) is 6.26 Å². The number of carbonyl (C=O) groups excluding carboxylic acids is 1. The third-order valence-corrected chi connectivity index (χ3v) is 6.06. The quantitative estimate of drug-likeness (QED) is 0.564. The van der Waals surface area contributed by atoms with Gasteiger partial charge in [0, 0.05) is 31.4 Å². The number of β-amino-alcohol motifs (C(OH)–C–C–N with tert-alkyl or cyclic N) is 1. The van der Waals surface area contributed by atoms with E-state index in [4.69, 9.17) is 4.42 Å². The lowest BCUT2D eigenvalue weighted by Gasteiger charge is -2.22. The van der Waals surface area contributed by atoms with Crippen LogP contribution in [0.3, 0.4) is 0 Å². The van der Waals surface area contributed by atoms with Crippen molar-refractivity contribution in [2.75, 3.05) is 36.4 Å². The molecule has 4 heterocycles. The van der Waals surface area contributed by atoms with Crippen molar-refractivity contribution >= 4 is 40.6 Å². The number of hydrogen-bond acceptors (Lipinski definition) is 7. The lowest BCUT2D eigenvalue weighted by Crippen LogP contribution is -2.26. The molecule has 0 saturated carbocycles. The Morgan fingerprint density at radius 1 is 1.29 bits per heavy atom. The fraction of sp³-hybridized carbons (Fsp3) is 0.476. The maximum absolute atomic E-state index is 13.0. The minimum atomic E-state index is -0.360. The van der Waals surface area contributed by atoms with Crippen molar-refractivity contribution in [2.45, 2.75) is 31.3 Å². The second-order valence-corrected chi connectivity index (χ2v) is 8.13. The van der Waals surface area contributed by atoms with Crippen LogP contribution in [0.15, 0.2) is 29.0 Å². The molecule has 2 aliphatic heterocycles. The number of benzene rings is 1. The predicted molar refractivity (Wildman–Crippen MR) is 120 cm³/mol. The van der Waals surface area contributed by atoms with Crippen LogP contribution in [-0.2, 0) is 7.05 Å². The van der Waals surface area contributed by atoms with Gasteiger partial charge in [0.1, 0.15) is 6.26 Å². The molecular formula is C21H27ClN6O3. The Morgan fingerprint density at radius 3 is 2.84 bits per heavy atom. The van der Waals surface area contributed by atoms with Crippen molar-refractivity contribution in [3.63, 3.8) is 0 Å². The number of rotatable bonds is 4. The Bertz CT molecular complexity index is 1070. The normalized spacial score (nSPS) is 19.5. The highest BCUT2D eigenvalue weighted by atomic mass is 35.5. The Hall–Kier alpha value is -2.62. The number of aryl methyl sites for hydroxylation is 1. The van der Waals surface area contributed by atoms with E-state index < -0.39 is 0 Å². The van der Waals surface area contributed by atoms with Gasteiger partial charge in [-0.05, 0) is 44.5 Å². The van der Waals surface area contributed by atoms with E-state index in [1.54, 1.807) is 10.9 Å². The summed E-state index contributed by atoms with van der Waals surface area (Å²) in [6.07, 6.45) is 5.51. The molecule has 3 N–H and O–H groups in total. The monoisotopic (exact) mass is 446 g/mol. The highest BCUT2D eigenvalue weighted by Crippen LogP contribution is 2.34. The fourth-order valence-electron chi connectivity index (χ4n) is 4.34. The van der Waals surface area contributed by atoms with Gasteiger partial charge in [-0.1, -0.05) is 0 Å². The maximum Gasteiger partial charge on any atom is 0.277 e. The summed E-state index contributed by atoms with van der Waals surface area (Å²) < 4.78 is 7.40. The Balaban J connectivity index is 0.00000231. The van der Waals surface area contributed by atoms with E-state index in [0.717, 1.165) is 49.1 Å². The van der Waals surface area contributed by atoms with Crippen molar-refractivity contribution < 1.29 is 14.3 Å². The highest BCUT2D eigenvalue weighted by Gasteiger charge is 2.26. The van der Waals surface area contributed by atoms with Crippen LogP contribution in [0.25, 0.3) is 10.9 Å². The molecule has 1 atom stereocenters. The summed E-state index contributed by atoms with van der Waals surface area (Å²) in [5.74, 6) is 0.577. The molecule has 1 amide bonds. The molecular weight excluding hydrogens is 420 g/mol. The number of aromatic nitrogens is 3. The molecule has 2 fully saturated rings. The minimum Gasteiger partial charge on any atom is -0.448 e. The average molecular weight is 447 g/mol. The van der Waals surface area contributed by atoms with Crippen molar-refractivity contribution in [2.24, 2.45) is 7.05 Å². The first kappa shape index (κ1) is 21.6. The standard InChI is InChI=1S/C21H26N6O3.ClH/c1-26-18-9-16(19(8-14(18)10-23-26)27-7-4-15(28)11-27)24-20(29)17-12-30-21(25-17)13-2-5-22-6-3-13;/h8-10,12-13,15,22,28H,2-7,11H2,1H3,(H,24,29);1H. The van der Waals surface area contributed by atoms with E-state index in [0.29, 0.717) is 24.5 Å². The zero-order valence-electron chi connectivity index (χ0n) is 17.4. The van der Waals surface area contributed by atoms with Gasteiger partial charge in [-0.15, -0.1) is 12.4 Å². The van der Waals surface area contributed by atoms with Crippen LogP contribution in [0.2, 0.25) is 0 Å². The Kier molecular flexibility index (Phi) is 6.17. The molecule has 3 aromatic rings. The first-order chi connectivity index (χ1) is 14.6. The molecule has 0 spiro atoms. The van der Waals surface area contributed by atoms with Gasteiger partial charge in [-0.2, -0.15) is 5.10 Å². The molecule has 9 nitrogen and oxygen atoms in total. The first-order valence-corrected chi connectivity index (χ1v) is 10.4. The second kappa shape index (κ2) is 8.86. The van der Waals surface area contributed by atoms with Crippen LogP contribution in [-0.4, -0.2) is 58.1 Å². The minimum absolute atomic E-state index is 0. The largest absolute Gasteiger partial charge is 0.448 e. The van der Waals surface area contributed by atoms with Gasteiger partial charge in [0.2, 0.25) is 0 Å². The van der Waals surface area contributed by atoms with Crippen LogP contribution in [0.4, 0.5) is 11.4 Å². The number of oxazole rings is 1. The lowest BCUT2D eigenvalue weighted by molar-refractivity contribution is 0.102. The number of aliphatic hydroxyl groups excluding tert-OH is 1. The molecule has 166 valence electrons. The van der Waals surface area contributed by atoms with Crippen LogP contribution in [0.1, 0.15) is 41.6 Å². The number of piperidine rings is 1. The number of carbonyl (C=O) groups is 1. The molecule has 5 rings (SSSR count). The van der Waals surface area contributed by atoms with Crippen LogP contribution in [0.5, 0.6) is 0 Å². The van der Waals surface area contributed by atoms with E-state index in [1.807, 2.05) is 19.2 Å². The summed E-state index contributed by atoms with van der Waals surface area (Å²) in [7, 11) is 1.87. The number of amides is 1. The number of fused-ring (bicyclic) bond motifs is 1. The molecule has 1 aromatic carbocycles. The van der Waals surface area contributed by atoms with Gasteiger partial charge in [0.15, 0.2) is 11.6 Å². The highest BCUT2D eigenvalue weighted by molar-refractivity contribution is 6.06. The molecule has 0 radical (unpaired) electrons. The third kappa shape index (κ3) is 4.26. The number of nitrogens with zero attached hydrogens (tertiary/aromatic N) is 4. The Labute approximate surface area is 186 Å². The SMILES string of the molecule is Cl.Cn1ncc2cc(N3CCC(O)C3)c(NC(=O)c3coc(C4CCNCC4)n3)cc21. The predicted octanol–water partition coefficient (Wildman–Crippen LogP) is 2.27. The summed E-state index contributed by atoms with van der Waals surface area (Å²) >= 11 is 0. The van der Waals surface area contributed by atoms with Crippen molar-refractivity contribution in [1.82, 2.24) is 20.1 Å². The summed E-state index contributed by atoms with van der Waals surface area (Å²) in [6.45, 7) is 3.15. The zero-order chi connectivity index (χ0) is 20.7. The van der Waals surface area contributed by atoms with Crippen LogP contribution < -0.4 is 15.5 Å². The lowest BCUT2D eigenvalue weighted by atomic mass is 9.98. The molecule has 2 aromatic heterocycles. The van der Waals surface area contributed by atoms with Gasteiger partial charge in [0.05, 0.1) is 29.2 Å². The van der Waals surface area contributed by atoms with Crippen molar-refractivity contribution in [1.29, 1.82) is 0 Å². The van der Waals surface area contributed by atoms with Gasteiger partial charge in [-0.3, -0.25) is 9.48 Å². The van der Waals surface area contributed by atoms with E-state index in [-0.39, 0.29) is 36.0 Å². The van der Waals surface area contributed by atoms with Crippen LogP contribution in [0, 0.1) is 0 Å². The maximum atomic E-state index is 13.0. The third-order valence-electron chi connectivity index (χ3n) is 6.06. The number of nitrogens with one attached hydrogen (secondary N) is 2. The molecule has 31 heavy (non-hydrogen) atoms. The number of aliphatic hydroxyl groups is 1. The van der Waals surface area contributed by atoms with Gasteiger partial charge < -0.3 is 25.1 Å². The van der Waals surface area contributed by atoms with Gasteiger partial charge in [-0.25, -0.2) is 4.98 Å². The van der Waals surface area contributed by atoms with Gasteiger partial charge in [0.25, 0.3) is 5.91 Å². The van der Waals surface area contributed by atoms with Gasteiger partial charge >= 0.3 is 0 Å². The van der Waals surface area contributed by atoms with Crippen LogP contribution >= 0.6 is 12.4 Å². The van der Waals surface area contributed by atoms with E-state index in [9.17, 15) is 9.90 Å². The molecule has 0 aliphatic carbocycles. The number of hydrogen-bond donors (Lipinski definition) is 3. The average Bonchev–Trinajstić information content (AvgIpc) is 3.49. The number of halogens is 1. The summed E-state index contributed by atoms with van der Waals surface area (Å²) in [5, 5.41) is 21.6. The molecule has 0 bridgehead atoms. The fourth-order valence-corrected chi connectivity index (χ4v) is 4.34. The Morgan fingerprint density at radius 2 is 2.10 bits per heavy atom. The first-order valence-electron chi connectivity index (χ1n) is 10.4. The summed E-state index contributed by atoms with van der Waals surface area (Å²) in [4.78, 5) is 19.5. The van der Waals surface area contributed by atoms with E-state index >= 15 is 0 Å². The summed E-state index contributed by atoms with van der Waals surface area (Å²) in [5.41, 5.74) is 2.75.